The van der Waals surface area contributed by atoms with Gasteiger partial charge in [-0.3, -0.25) is 0 Å². The zero-order valence-corrected chi connectivity index (χ0v) is 13.8. The van der Waals surface area contributed by atoms with Crippen LogP contribution >= 0.6 is 0 Å². The summed E-state index contributed by atoms with van der Waals surface area (Å²) in [7, 11) is 0. The third-order valence-electron chi connectivity index (χ3n) is 6.61. The maximum Gasteiger partial charge on any atom is 0.122 e. The van der Waals surface area contributed by atoms with Gasteiger partial charge in [-0.05, 0) is 73.0 Å². The molecule has 0 amide bonds. The van der Waals surface area contributed by atoms with Gasteiger partial charge in [-0.1, -0.05) is 50.7 Å². The summed E-state index contributed by atoms with van der Waals surface area (Å²) in [5, 5.41) is 11.0. The molecule has 0 heterocycles. The molecular formula is C21H30O. The van der Waals surface area contributed by atoms with E-state index in [0.29, 0.717) is 17.6 Å². The van der Waals surface area contributed by atoms with Crippen molar-refractivity contribution in [3.8, 4) is 5.75 Å². The molecule has 3 aliphatic carbocycles. The molecule has 3 aliphatic rings. The number of hydrogen-bond donors (Lipinski definition) is 1. The van der Waals surface area contributed by atoms with E-state index in [0.717, 1.165) is 5.92 Å². The van der Waals surface area contributed by atoms with Crippen LogP contribution in [0.5, 0.6) is 5.75 Å². The first kappa shape index (κ1) is 14.6. The molecule has 0 radical (unpaired) electrons. The van der Waals surface area contributed by atoms with Gasteiger partial charge in [0.25, 0.3) is 0 Å². The van der Waals surface area contributed by atoms with Crippen LogP contribution in [0.15, 0.2) is 12.1 Å². The summed E-state index contributed by atoms with van der Waals surface area (Å²) in [5.74, 6) is 2.70. The molecule has 1 heteroatoms. The minimum atomic E-state index is 0.626. The Kier molecular flexibility index (Phi) is 4.15. The van der Waals surface area contributed by atoms with E-state index >= 15 is 0 Å². The van der Waals surface area contributed by atoms with E-state index in [2.05, 4.69) is 12.1 Å². The first-order chi connectivity index (χ1) is 10.8. The maximum absolute atomic E-state index is 11.0. The van der Waals surface area contributed by atoms with Gasteiger partial charge in [0, 0.05) is 0 Å². The minimum absolute atomic E-state index is 0.626. The van der Waals surface area contributed by atoms with Gasteiger partial charge in [0.15, 0.2) is 0 Å². The Morgan fingerprint density at radius 2 is 0.955 bits per heavy atom. The molecule has 0 aromatic heterocycles. The van der Waals surface area contributed by atoms with Crippen molar-refractivity contribution in [1.82, 2.24) is 0 Å². The Labute approximate surface area is 135 Å². The highest BCUT2D eigenvalue weighted by Crippen LogP contribution is 2.47. The van der Waals surface area contributed by atoms with Crippen molar-refractivity contribution in [2.75, 3.05) is 0 Å². The van der Waals surface area contributed by atoms with Gasteiger partial charge in [0.05, 0.1) is 0 Å². The van der Waals surface area contributed by atoms with Crippen molar-refractivity contribution in [2.24, 2.45) is 0 Å². The fraction of sp³-hybridized carbons (Fsp3) is 0.714. The molecule has 0 aliphatic heterocycles. The topological polar surface area (TPSA) is 20.2 Å². The molecule has 4 rings (SSSR count). The van der Waals surface area contributed by atoms with Gasteiger partial charge in [-0.2, -0.15) is 0 Å². The Bertz CT molecular complexity index is 478. The maximum atomic E-state index is 11.0. The lowest BCUT2D eigenvalue weighted by atomic mass is 9.84. The van der Waals surface area contributed by atoms with Crippen LogP contribution in [0.25, 0.3) is 0 Å². The predicted octanol–water partition coefficient (Wildman–Crippen LogP) is 6.37. The lowest BCUT2D eigenvalue weighted by Crippen LogP contribution is -2.04. The molecule has 1 aromatic rings. The van der Waals surface area contributed by atoms with Crippen molar-refractivity contribution < 1.29 is 5.11 Å². The summed E-state index contributed by atoms with van der Waals surface area (Å²) in [4.78, 5) is 0. The molecule has 22 heavy (non-hydrogen) atoms. The molecule has 120 valence electrons. The summed E-state index contributed by atoms with van der Waals surface area (Å²) >= 11 is 0. The highest BCUT2D eigenvalue weighted by atomic mass is 16.3. The monoisotopic (exact) mass is 298 g/mol. The molecule has 1 N–H and O–H groups in total. The predicted molar refractivity (Wildman–Crippen MR) is 91.7 cm³/mol. The first-order valence-electron chi connectivity index (χ1n) is 9.69. The normalized spacial score (nSPS) is 24.5. The number of aromatic hydroxyl groups is 1. The average molecular weight is 298 g/mol. The van der Waals surface area contributed by atoms with E-state index < -0.39 is 0 Å². The van der Waals surface area contributed by atoms with Crippen LogP contribution in [0, 0.1) is 0 Å². The molecular weight excluding hydrogens is 268 g/mol. The molecule has 3 fully saturated rings. The Morgan fingerprint density at radius 3 is 1.36 bits per heavy atom. The second-order valence-corrected chi connectivity index (χ2v) is 7.99. The van der Waals surface area contributed by atoms with Crippen LogP contribution in [0.2, 0.25) is 0 Å². The van der Waals surface area contributed by atoms with Crippen LogP contribution in [0.3, 0.4) is 0 Å². The van der Waals surface area contributed by atoms with E-state index in [4.69, 9.17) is 0 Å². The lowest BCUT2D eigenvalue weighted by molar-refractivity contribution is 0.446. The number of benzene rings is 1. The lowest BCUT2D eigenvalue weighted by Gasteiger charge is -2.22. The summed E-state index contributed by atoms with van der Waals surface area (Å²) in [6, 6.07) is 4.81. The second-order valence-electron chi connectivity index (χ2n) is 7.99. The fourth-order valence-electron chi connectivity index (χ4n) is 5.30. The number of rotatable bonds is 3. The quantitative estimate of drug-likeness (QED) is 0.688. The standard InChI is InChI=1S/C21H30O/c22-21-19(16-9-3-4-10-16)13-18(15-7-1-2-8-15)14-20(21)17-11-5-6-12-17/h13-17,22H,1-12H2. The smallest absolute Gasteiger partial charge is 0.122 e. The molecule has 1 aromatic carbocycles. The summed E-state index contributed by atoms with van der Waals surface area (Å²) in [5.41, 5.74) is 4.17. The SMILES string of the molecule is Oc1c(C2CCCC2)cc(C2CCCC2)cc1C1CCCC1. The van der Waals surface area contributed by atoms with E-state index in [9.17, 15) is 5.11 Å². The highest BCUT2D eigenvalue weighted by Gasteiger charge is 2.28. The number of hydrogen-bond acceptors (Lipinski definition) is 1. The number of phenols is 1. The van der Waals surface area contributed by atoms with E-state index in [1.165, 1.54) is 88.2 Å². The van der Waals surface area contributed by atoms with Crippen molar-refractivity contribution in [3.63, 3.8) is 0 Å². The van der Waals surface area contributed by atoms with Gasteiger partial charge in [-0.25, -0.2) is 0 Å². The van der Waals surface area contributed by atoms with Crippen LogP contribution < -0.4 is 0 Å². The van der Waals surface area contributed by atoms with Gasteiger partial charge in [0.2, 0.25) is 0 Å². The van der Waals surface area contributed by atoms with E-state index in [1.54, 1.807) is 5.56 Å². The second kappa shape index (κ2) is 6.26. The zero-order chi connectivity index (χ0) is 14.9. The number of phenolic OH excluding ortho intramolecular Hbond substituents is 1. The Balaban J connectivity index is 1.74. The summed E-state index contributed by atoms with van der Waals surface area (Å²) < 4.78 is 0. The molecule has 1 nitrogen and oxygen atoms in total. The van der Waals surface area contributed by atoms with Crippen molar-refractivity contribution >= 4 is 0 Å². The van der Waals surface area contributed by atoms with Crippen LogP contribution in [0.1, 0.15) is 111 Å². The van der Waals surface area contributed by atoms with Gasteiger partial charge >= 0.3 is 0 Å². The average Bonchev–Trinajstić information content (AvgIpc) is 3.29. The largest absolute Gasteiger partial charge is 0.507 e. The van der Waals surface area contributed by atoms with Crippen LogP contribution in [-0.4, -0.2) is 5.11 Å². The Morgan fingerprint density at radius 1 is 0.591 bits per heavy atom. The third-order valence-corrected chi connectivity index (χ3v) is 6.61. The molecule has 3 saturated carbocycles. The molecule has 0 spiro atoms. The van der Waals surface area contributed by atoms with Crippen LogP contribution in [0.4, 0.5) is 0 Å². The minimum Gasteiger partial charge on any atom is -0.507 e. The summed E-state index contributed by atoms with van der Waals surface area (Å²) in [6.45, 7) is 0. The molecule has 0 unspecified atom stereocenters. The molecule has 0 atom stereocenters. The summed E-state index contributed by atoms with van der Waals surface area (Å²) in [6.07, 6.45) is 16.0. The van der Waals surface area contributed by atoms with Gasteiger partial charge in [-0.15, -0.1) is 0 Å². The van der Waals surface area contributed by atoms with Gasteiger partial charge in [0.1, 0.15) is 5.75 Å². The first-order valence-corrected chi connectivity index (χ1v) is 9.69. The highest BCUT2D eigenvalue weighted by molar-refractivity contribution is 5.49. The third kappa shape index (κ3) is 2.68. The van der Waals surface area contributed by atoms with Crippen molar-refractivity contribution in [1.29, 1.82) is 0 Å². The van der Waals surface area contributed by atoms with Gasteiger partial charge < -0.3 is 5.11 Å². The van der Waals surface area contributed by atoms with E-state index in [1.807, 2.05) is 0 Å². The Hall–Kier alpha value is -0.980. The van der Waals surface area contributed by atoms with Crippen LogP contribution in [-0.2, 0) is 0 Å². The molecule has 0 bridgehead atoms. The fourth-order valence-corrected chi connectivity index (χ4v) is 5.30. The molecule has 0 saturated heterocycles. The zero-order valence-electron chi connectivity index (χ0n) is 13.8. The van der Waals surface area contributed by atoms with E-state index in [-0.39, 0.29) is 0 Å². The van der Waals surface area contributed by atoms with Crippen molar-refractivity contribution in [2.45, 2.75) is 94.8 Å². The van der Waals surface area contributed by atoms with Crippen molar-refractivity contribution in [3.05, 3.63) is 28.8 Å².